The molecule has 3 nitrogen and oxygen atoms in total. The van der Waals surface area contributed by atoms with Crippen molar-refractivity contribution in [2.24, 2.45) is 0 Å². The van der Waals surface area contributed by atoms with Crippen LogP contribution in [0.1, 0.15) is 0 Å². The molecule has 0 aliphatic heterocycles. The molecule has 0 amide bonds. The molecule has 0 aromatic heterocycles. The quantitative estimate of drug-likeness (QED) is 0.598. The van der Waals surface area contributed by atoms with Crippen LogP contribution in [0.15, 0.2) is 30.3 Å². The minimum absolute atomic E-state index is 0.329. The molecule has 1 aromatic rings. The fraction of sp³-hybridized carbons (Fsp3) is 0. The second-order valence-corrected chi connectivity index (χ2v) is 2.18. The van der Waals surface area contributed by atoms with Crippen LogP contribution in [0.5, 0.6) is 5.75 Å². The van der Waals surface area contributed by atoms with E-state index in [1.54, 1.807) is 30.3 Å². The first-order valence-corrected chi connectivity index (χ1v) is 3.61. The first kappa shape index (κ1) is 7.24. The fourth-order valence-corrected chi connectivity index (χ4v) is 0.823. The van der Waals surface area contributed by atoms with Gasteiger partial charge in [-0.25, -0.2) is 4.21 Å². The number of para-hydroxylation sites is 1. The molecule has 0 radical (unpaired) electrons. The van der Waals surface area contributed by atoms with Crippen LogP contribution in [-0.2, 0) is 11.4 Å². The molecule has 1 atom stereocenters. The second-order valence-electron chi connectivity index (χ2n) is 1.60. The standard InChI is InChI=1S/C6H6O3S/c7-10(8)9-6-4-2-1-3-5-6/h1-5H,(H,7,8)/p-1. The number of hydrogen-bond donors (Lipinski definition) is 0. The molecule has 0 heterocycles. The van der Waals surface area contributed by atoms with E-state index in [0.29, 0.717) is 5.75 Å². The van der Waals surface area contributed by atoms with Gasteiger partial charge < -0.3 is 8.74 Å². The Bertz CT molecular complexity index is 222. The zero-order chi connectivity index (χ0) is 7.40. The number of benzene rings is 1. The maximum atomic E-state index is 9.95. The van der Waals surface area contributed by atoms with Gasteiger partial charge in [-0.3, -0.25) is 0 Å². The molecule has 0 spiro atoms. The molecule has 0 fully saturated rings. The van der Waals surface area contributed by atoms with Crippen molar-refractivity contribution in [1.82, 2.24) is 0 Å². The van der Waals surface area contributed by atoms with E-state index >= 15 is 0 Å². The van der Waals surface area contributed by atoms with Crippen LogP contribution < -0.4 is 4.18 Å². The van der Waals surface area contributed by atoms with Gasteiger partial charge in [0, 0.05) is 0 Å². The van der Waals surface area contributed by atoms with Gasteiger partial charge in [-0.2, -0.15) is 0 Å². The Kier molecular flexibility index (Phi) is 2.42. The highest BCUT2D eigenvalue weighted by molar-refractivity contribution is 7.74. The molecule has 4 heteroatoms. The van der Waals surface area contributed by atoms with Gasteiger partial charge >= 0.3 is 0 Å². The smallest absolute Gasteiger partial charge is 0.139 e. The first-order valence-electron chi connectivity index (χ1n) is 2.61. The van der Waals surface area contributed by atoms with E-state index in [1.165, 1.54) is 0 Å². The minimum Gasteiger partial charge on any atom is -0.740 e. The summed E-state index contributed by atoms with van der Waals surface area (Å²) in [6, 6.07) is 8.30. The summed E-state index contributed by atoms with van der Waals surface area (Å²) in [6.07, 6.45) is 0. The SMILES string of the molecule is O=S([O-])Oc1ccccc1. The lowest BCUT2D eigenvalue weighted by atomic mass is 10.3. The molecule has 1 unspecified atom stereocenters. The highest BCUT2D eigenvalue weighted by Gasteiger charge is 1.87. The van der Waals surface area contributed by atoms with Crippen molar-refractivity contribution in [3.8, 4) is 5.75 Å². The summed E-state index contributed by atoms with van der Waals surface area (Å²) in [6.45, 7) is 0. The number of rotatable bonds is 2. The van der Waals surface area contributed by atoms with Gasteiger partial charge in [0.15, 0.2) is 0 Å². The normalized spacial score (nSPS) is 12.5. The van der Waals surface area contributed by atoms with Crippen LogP contribution >= 0.6 is 0 Å². The van der Waals surface area contributed by atoms with Crippen molar-refractivity contribution in [2.75, 3.05) is 0 Å². The summed E-state index contributed by atoms with van der Waals surface area (Å²) in [5.74, 6) is 0.329. The fourth-order valence-electron chi connectivity index (χ4n) is 0.555. The van der Waals surface area contributed by atoms with Gasteiger partial charge in [0.25, 0.3) is 0 Å². The lowest BCUT2D eigenvalue weighted by Gasteiger charge is -2.05. The summed E-state index contributed by atoms with van der Waals surface area (Å²) in [4.78, 5) is 0. The predicted octanol–water partition coefficient (Wildman–Crippen LogP) is 0.860. The molecule has 0 saturated heterocycles. The van der Waals surface area contributed by atoms with E-state index in [0.717, 1.165) is 0 Å². The number of hydrogen-bond acceptors (Lipinski definition) is 3. The van der Waals surface area contributed by atoms with Crippen molar-refractivity contribution >= 4 is 11.4 Å². The Morgan fingerprint density at radius 3 is 2.40 bits per heavy atom. The van der Waals surface area contributed by atoms with Crippen molar-refractivity contribution in [3.63, 3.8) is 0 Å². The third-order valence-electron chi connectivity index (χ3n) is 0.907. The second kappa shape index (κ2) is 3.34. The topological polar surface area (TPSA) is 49.4 Å². The summed E-state index contributed by atoms with van der Waals surface area (Å²) < 4.78 is 24.2. The van der Waals surface area contributed by atoms with Crippen molar-refractivity contribution in [3.05, 3.63) is 30.3 Å². The summed E-state index contributed by atoms with van der Waals surface area (Å²) in [5.41, 5.74) is 0. The van der Waals surface area contributed by atoms with Gasteiger partial charge in [-0.15, -0.1) is 0 Å². The third kappa shape index (κ3) is 2.16. The monoisotopic (exact) mass is 157 g/mol. The largest absolute Gasteiger partial charge is 0.740 e. The zero-order valence-electron chi connectivity index (χ0n) is 5.02. The molecule has 0 aliphatic rings. The molecular weight excluding hydrogens is 152 g/mol. The first-order chi connectivity index (χ1) is 4.79. The molecule has 0 N–H and O–H groups in total. The van der Waals surface area contributed by atoms with E-state index in [2.05, 4.69) is 4.18 Å². The van der Waals surface area contributed by atoms with Crippen molar-refractivity contribution in [2.45, 2.75) is 0 Å². The summed E-state index contributed by atoms with van der Waals surface area (Å²) in [7, 11) is 0. The molecule has 1 aromatic carbocycles. The van der Waals surface area contributed by atoms with Gasteiger partial charge in [0.1, 0.15) is 17.1 Å². The zero-order valence-corrected chi connectivity index (χ0v) is 5.84. The van der Waals surface area contributed by atoms with Gasteiger partial charge in [-0.05, 0) is 12.1 Å². The van der Waals surface area contributed by atoms with Crippen LogP contribution in [0.3, 0.4) is 0 Å². The van der Waals surface area contributed by atoms with Gasteiger partial charge in [0.05, 0.1) is 0 Å². The van der Waals surface area contributed by atoms with Crippen LogP contribution in [0.4, 0.5) is 0 Å². The van der Waals surface area contributed by atoms with Crippen LogP contribution in [0.25, 0.3) is 0 Å². The van der Waals surface area contributed by atoms with E-state index < -0.39 is 11.4 Å². The Balaban J connectivity index is 2.67. The van der Waals surface area contributed by atoms with Crippen LogP contribution in [-0.4, -0.2) is 8.76 Å². The molecule has 10 heavy (non-hydrogen) atoms. The average Bonchev–Trinajstić information content (AvgIpc) is 1.88. The Hall–Kier alpha value is -0.870. The molecular formula is C6H5O3S-. The Morgan fingerprint density at radius 1 is 1.30 bits per heavy atom. The average molecular weight is 157 g/mol. The van der Waals surface area contributed by atoms with Gasteiger partial charge in [-0.1, -0.05) is 18.2 Å². The van der Waals surface area contributed by atoms with Gasteiger partial charge in [0.2, 0.25) is 0 Å². The lowest BCUT2D eigenvalue weighted by Crippen LogP contribution is -1.96. The molecule has 54 valence electrons. The van der Waals surface area contributed by atoms with E-state index in [-0.39, 0.29) is 0 Å². The summed E-state index contributed by atoms with van der Waals surface area (Å²) in [5, 5.41) is 0. The van der Waals surface area contributed by atoms with Crippen LogP contribution in [0, 0.1) is 0 Å². The molecule has 1 rings (SSSR count). The lowest BCUT2D eigenvalue weighted by molar-refractivity contribution is 0.440. The molecule has 0 bridgehead atoms. The van der Waals surface area contributed by atoms with E-state index in [9.17, 15) is 8.76 Å². The molecule has 0 saturated carbocycles. The molecule has 0 aliphatic carbocycles. The van der Waals surface area contributed by atoms with E-state index in [1.807, 2.05) is 0 Å². The Labute approximate surface area is 61.1 Å². The highest BCUT2D eigenvalue weighted by Crippen LogP contribution is 2.08. The summed E-state index contributed by atoms with van der Waals surface area (Å²) >= 11 is -2.47. The predicted molar refractivity (Wildman–Crippen MR) is 36.0 cm³/mol. The Morgan fingerprint density at radius 2 is 1.90 bits per heavy atom. The van der Waals surface area contributed by atoms with Crippen molar-refractivity contribution in [1.29, 1.82) is 0 Å². The highest BCUT2D eigenvalue weighted by atomic mass is 32.2. The maximum absolute atomic E-state index is 9.95. The van der Waals surface area contributed by atoms with Crippen LogP contribution in [0.2, 0.25) is 0 Å². The maximum Gasteiger partial charge on any atom is 0.139 e. The van der Waals surface area contributed by atoms with Crippen molar-refractivity contribution < 1.29 is 12.9 Å². The minimum atomic E-state index is -2.47. The third-order valence-corrected chi connectivity index (χ3v) is 1.24. The van der Waals surface area contributed by atoms with E-state index in [4.69, 9.17) is 0 Å².